The molecule has 6 rings (SSSR count). The maximum absolute atomic E-state index is 13.1. The van der Waals surface area contributed by atoms with Crippen LogP contribution < -0.4 is 20.7 Å². The van der Waals surface area contributed by atoms with Crippen LogP contribution in [-0.4, -0.2) is 39.9 Å². The van der Waals surface area contributed by atoms with E-state index in [1.807, 2.05) is 24.3 Å². The Labute approximate surface area is 306 Å². The molecule has 0 amide bonds. The number of hydrogen-bond donors (Lipinski definition) is 3. The van der Waals surface area contributed by atoms with Crippen molar-refractivity contribution in [1.82, 2.24) is 25.6 Å². The van der Waals surface area contributed by atoms with Gasteiger partial charge in [-0.3, -0.25) is 0 Å². The predicted octanol–water partition coefficient (Wildman–Crippen LogP) is 8.49. The largest absolute Gasteiger partial charge is 0.487 e. The third kappa shape index (κ3) is 10.2. The lowest BCUT2D eigenvalue weighted by molar-refractivity contribution is -0.143. The Morgan fingerprint density at radius 2 is 1.40 bits per heavy atom. The molecule has 15 heteroatoms. The summed E-state index contributed by atoms with van der Waals surface area (Å²) in [5.41, 5.74) is -0.300. The zero-order valence-corrected chi connectivity index (χ0v) is 28.9. The maximum Gasteiger partial charge on any atom is 0.416 e. The molecule has 0 aliphatic carbocycles. The van der Waals surface area contributed by atoms with E-state index < -0.39 is 29.2 Å². The molecule has 0 aliphatic rings. The van der Waals surface area contributed by atoms with Crippen molar-refractivity contribution in [3.63, 3.8) is 0 Å². The number of nitrogens with zero attached hydrogens (tertiary/aromatic N) is 3. The average molecular weight is 753 g/mol. The second-order valence-corrected chi connectivity index (χ2v) is 12.5. The first-order chi connectivity index (χ1) is 25.4. The molecule has 0 unspecified atom stereocenters. The summed E-state index contributed by atoms with van der Waals surface area (Å²) in [6.45, 7) is 2.61. The van der Waals surface area contributed by atoms with E-state index in [9.17, 15) is 26.3 Å². The van der Waals surface area contributed by atoms with Crippen molar-refractivity contribution in [2.45, 2.75) is 38.6 Å². The molecular weight excluding hydrogens is 719 g/mol. The Kier molecular flexibility index (Phi) is 11.8. The van der Waals surface area contributed by atoms with Crippen LogP contribution in [0.15, 0.2) is 103 Å². The van der Waals surface area contributed by atoms with E-state index in [2.05, 4.69) is 80.9 Å². The number of anilines is 1. The second kappa shape index (κ2) is 16.6. The number of benzene rings is 5. The van der Waals surface area contributed by atoms with Crippen molar-refractivity contribution < 1.29 is 35.8 Å². The standard InChI is InChI=1S/C38H34F6N6O2S/c39-37(40,41)28-18-29(38(42,43)44)20-30(19-28)47-36(53)46-13-15-51-16-14-50-23-31(48-49-50)24-52-32-11-9-25(10-12-32)21-45-22-35-33-7-3-1-5-26(33)17-27-6-2-4-8-34(27)35/h1-12,17-20,23,45H,13-16,21-22,24H2,(H2,46,47,53). The molecule has 0 bridgehead atoms. The number of hydrogen-bond acceptors (Lipinski definition) is 6. The first-order valence-corrected chi connectivity index (χ1v) is 17.0. The summed E-state index contributed by atoms with van der Waals surface area (Å²) in [5.74, 6) is 0.695. The number of fused-ring (bicyclic) bond motifs is 2. The lowest BCUT2D eigenvalue weighted by Gasteiger charge is -2.16. The monoisotopic (exact) mass is 752 g/mol. The molecule has 0 radical (unpaired) electrons. The minimum absolute atomic E-state index is 0.0497. The lowest BCUT2D eigenvalue weighted by atomic mass is 9.97. The van der Waals surface area contributed by atoms with Gasteiger partial charge in [0.05, 0.1) is 37.1 Å². The number of rotatable bonds is 14. The van der Waals surface area contributed by atoms with Gasteiger partial charge in [0.25, 0.3) is 0 Å². The van der Waals surface area contributed by atoms with Gasteiger partial charge in [-0.25, -0.2) is 4.68 Å². The first-order valence-electron chi connectivity index (χ1n) is 16.6. The molecule has 1 aromatic heterocycles. The highest BCUT2D eigenvalue weighted by atomic mass is 32.1. The summed E-state index contributed by atoms with van der Waals surface area (Å²) in [5, 5.41) is 21.6. The Bertz CT molecular complexity index is 2090. The summed E-state index contributed by atoms with van der Waals surface area (Å²) >= 11 is 5.02. The maximum atomic E-state index is 13.1. The van der Waals surface area contributed by atoms with Crippen LogP contribution in [0.25, 0.3) is 21.5 Å². The van der Waals surface area contributed by atoms with Crippen LogP contribution in [0.4, 0.5) is 32.0 Å². The van der Waals surface area contributed by atoms with Crippen molar-refractivity contribution in [2.75, 3.05) is 25.1 Å². The molecule has 276 valence electrons. The Morgan fingerprint density at radius 3 is 2.04 bits per heavy atom. The normalized spacial score (nSPS) is 12.0. The van der Waals surface area contributed by atoms with E-state index in [0.717, 1.165) is 12.1 Å². The summed E-state index contributed by atoms with van der Waals surface area (Å²) in [6, 6.07) is 28.1. The Morgan fingerprint density at radius 1 is 0.755 bits per heavy atom. The molecule has 0 saturated carbocycles. The van der Waals surface area contributed by atoms with Crippen molar-refractivity contribution in [2.24, 2.45) is 0 Å². The van der Waals surface area contributed by atoms with Gasteiger partial charge in [-0.2, -0.15) is 26.3 Å². The zero-order chi connectivity index (χ0) is 37.4. The number of halogens is 6. The van der Waals surface area contributed by atoms with E-state index in [4.69, 9.17) is 21.7 Å². The molecule has 1 heterocycles. The van der Waals surface area contributed by atoms with Crippen molar-refractivity contribution >= 4 is 44.6 Å². The number of alkyl halides is 6. The van der Waals surface area contributed by atoms with E-state index in [1.54, 1.807) is 10.9 Å². The van der Waals surface area contributed by atoms with E-state index in [1.165, 1.54) is 27.1 Å². The highest BCUT2D eigenvalue weighted by molar-refractivity contribution is 7.80. The number of thiocarbonyl (C=S) groups is 1. The molecule has 0 aliphatic heterocycles. The SMILES string of the molecule is FC(F)(F)c1cc(NC(=S)NCCOCCn2cc(COc3ccc(CNCc4c5ccccc5cc5ccccc45)cc3)nn2)cc(C(F)(F)F)c1. The fourth-order valence-corrected chi connectivity index (χ4v) is 5.92. The van der Waals surface area contributed by atoms with Gasteiger partial charge in [0, 0.05) is 25.3 Å². The molecule has 6 aromatic rings. The summed E-state index contributed by atoms with van der Waals surface area (Å²) in [4.78, 5) is 0. The minimum atomic E-state index is -4.96. The minimum Gasteiger partial charge on any atom is -0.487 e. The molecule has 3 N–H and O–H groups in total. The third-order valence-electron chi connectivity index (χ3n) is 8.25. The van der Waals surface area contributed by atoms with Crippen LogP contribution in [-0.2, 0) is 43.3 Å². The molecule has 5 aromatic carbocycles. The number of nitrogens with one attached hydrogen (secondary N) is 3. The molecule has 8 nitrogen and oxygen atoms in total. The fourth-order valence-electron chi connectivity index (χ4n) is 5.70. The molecule has 53 heavy (non-hydrogen) atoms. The lowest BCUT2D eigenvalue weighted by Crippen LogP contribution is -2.31. The van der Waals surface area contributed by atoms with Crippen LogP contribution in [0, 0.1) is 0 Å². The molecular formula is C38H34F6N6O2S. The molecule has 0 saturated heterocycles. The summed E-state index contributed by atoms with van der Waals surface area (Å²) < 4.78 is 91.6. The second-order valence-electron chi connectivity index (χ2n) is 12.1. The zero-order valence-electron chi connectivity index (χ0n) is 28.1. The van der Waals surface area contributed by atoms with E-state index >= 15 is 0 Å². The topological polar surface area (TPSA) is 85.3 Å². The van der Waals surface area contributed by atoms with E-state index in [-0.39, 0.29) is 37.5 Å². The van der Waals surface area contributed by atoms with Gasteiger partial charge in [0.1, 0.15) is 18.1 Å². The van der Waals surface area contributed by atoms with Crippen molar-refractivity contribution in [3.05, 3.63) is 131 Å². The van der Waals surface area contributed by atoms with E-state index in [0.29, 0.717) is 36.7 Å². The number of aromatic nitrogens is 3. The summed E-state index contributed by atoms with van der Waals surface area (Å²) in [7, 11) is 0. The molecule has 0 spiro atoms. The van der Waals surface area contributed by atoms with Gasteiger partial charge in [-0.05, 0) is 81.3 Å². The van der Waals surface area contributed by atoms with Crippen LogP contribution in [0.3, 0.4) is 0 Å². The average Bonchev–Trinajstić information content (AvgIpc) is 3.59. The molecule has 0 atom stereocenters. The van der Waals surface area contributed by atoms with Crippen LogP contribution in [0.1, 0.15) is 27.9 Å². The fraction of sp³-hybridized carbons (Fsp3) is 0.237. The quantitative estimate of drug-likeness (QED) is 0.0443. The van der Waals surface area contributed by atoms with Gasteiger partial charge in [-0.1, -0.05) is 65.9 Å². The Balaban J connectivity index is 0.887. The highest BCUT2D eigenvalue weighted by Gasteiger charge is 2.37. The first kappa shape index (κ1) is 37.5. The van der Waals surface area contributed by atoms with Gasteiger partial charge in [0.15, 0.2) is 5.11 Å². The smallest absolute Gasteiger partial charge is 0.416 e. The summed E-state index contributed by atoms with van der Waals surface area (Å²) in [6.07, 6.45) is -8.18. The van der Waals surface area contributed by atoms with Crippen LogP contribution in [0.2, 0.25) is 0 Å². The molecule has 0 fully saturated rings. The highest BCUT2D eigenvalue weighted by Crippen LogP contribution is 2.37. The third-order valence-corrected chi connectivity index (χ3v) is 8.50. The van der Waals surface area contributed by atoms with Crippen molar-refractivity contribution in [3.8, 4) is 5.75 Å². The van der Waals surface area contributed by atoms with Gasteiger partial charge in [0.2, 0.25) is 0 Å². The van der Waals surface area contributed by atoms with Gasteiger partial charge < -0.3 is 25.4 Å². The van der Waals surface area contributed by atoms with Gasteiger partial charge in [-0.15, -0.1) is 5.10 Å². The predicted molar refractivity (Wildman–Crippen MR) is 194 cm³/mol. The van der Waals surface area contributed by atoms with Crippen LogP contribution in [0.5, 0.6) is 5.75 Å². The Hall–Kier alpha value is -5.25. The van der Waals surface area contributed by atoms with Crippen molar-refractivity contribution in [1.29, 1.82) is 0 Å². The van der Waals surface area contributed by atoms with Crippen LogP contribution >= 0.6 is 12.2 Å². The number of ether oxygens (including phenoxy) is 2. The van der Waals surface area contributed by atoms with Gasteiger partial charge >= 0.3 is 12.4 Å².